The molecule has 1 unspecified atom stereocenters. The van der Waals surface area contributed by atoms with Crippen LogP contribution in [-0.4, -0.2) is 42.4 Å². The summed E-state index contributed by atoms with van der Waals surface area (Å²) < 4.78 is 0. The number of anilines is 1. The molecule has 2 fully saturated rings. The molecule has 0 bridgehead atoms. The van der Waals surface area contributed by atoms with Gasteiger partial charge < -0.3 is 10.2 Å². The van der Waals surface area contributed by atoms with Gasteiger partial charge in [-0.25, -0.2) is 0 Å². The van der Waals surface area contributed by atoms with E-state index in [4.69, 9.17) is 11.6 Å². The standard InChI is InChI=1S/C22H24ClN3O2/c23-19-9-8-17(13-20(19)26-11-4-7-21(26)27)22(28)24-18-10-12-25(15-18)14-16-5-2-1-3-6-16/h1-3,5-6,8-9,13,18H,4,7,10-12,14-15H2,(H,24,28). The van der Waals surface area contributed by atoms with E-state index in [9.17, 15) is 9.59 Å². The fraction of sp³-hybridized carbons (Fsp3) is 0.364. The van der Waals surface area contributed by atoms with Gasteiger partial charge in [0, 0.05) is 44.2 Å². The number of hydrogen-bond acceptors (Lipinski definition) is 3. The molecule has 4 rings (SSSR count). The molecule has 2 aromatic carbocycles. The number of benzene rings is 2. The van der Waals surface area contributed by atoms with Crippen molar-refractivity contribution < 1.29 is 9.59 Å². The SMILES string of the molecule is O=C(NC1CCN(Cc2ccccc2)C1)c1ccc(Cl)c(N2CCCC2=O)c1. The first kappa shape index (κ1) is 19.0. The normalized spacial score (nSPS) is 20.0. The lowest BCUT2D eigenvalue weighted by Crippen LogP contribution is -2.37. The summed E-state index contributed by atoms with van der Waals surface area (Å²) in [7, 11) is 0. The average Bonchev–Trinajstić information content (AvgIpc) is 3.32. The summed E-state index contributed by atoms with van der Waals surface area (Å²) in [6.45, 7) is 3.36. The largest absolute Gasteiger partial charge is 0.348 e. The molecule has 2 aliphatic heterocycles. The van der Waals surface area contributed by atoms with E-state index in [1.165, 1.54) is 5.56 Å². The van der Waals surface area contributed by atoms with Crippen molar-refractivity contribution >= 4 is 29.1 Å². The van der Waals surface area contributed by atoms with E-state index in [0.29, 0.717) is 29.2 Å². The molecule has 2 amide bonds. The highest BCUT2D eigenvalue weighted by Crippen LogP contribution is 2.30. The summed E-state index contributed by atoms with van der Waals surface area (Å²) in [5, 5.41) is 3.63. The minimum Gasteiger partial charge on any atom is -0.348 e. The van der Waals surface area contributed by atoms with Crippen LogP contribution in [-0.2, 0) is 11.3 Å². The lowest BCUT2D eigenvalue weighted by atomic mass is 10.1. The van der Waals surface area contributed by atoms with Gasteiger partial charge in [0.05, 0.1) is 10.7 Å². The van der Waals surface area contributed by atoms with Crippen LogP contribution in [0.15, 0.2) is 48.5 Å². The van der Waals surface area contributed by atoms with Crippen molar-refractivity contribution in [2.75, 3.05) is 24.5 Å². The van der Waals surface area contributed by atoms with Gasteiger partial charge in [-0.1, -0.05) is 41.9 Å². The zero-order chi connectivity index (χ0) is 19.5. The summed E-state index contributed by atoms with van der Waals surface area (Å²) in [4.78, 5) is 28.8. The Bertz CT molecular complexity index is 871. The molecule has 2 aromatic rings. The van der Waals surface area contributed by atoms with Crippen LogP contribution >= 0.6 is 11.6 Å². The van der Waals surface area contributed by atoms with Crippen LogP contribution in [0.25, 0.3) is 0 Å². The predicted molar refractivity (Wildman–Crippen MR) is 111 cm³/mol. The van der Waals surface area contributed by atoms with Crippen molar-refractivity contribution in [2.45, 2.75) is 31.8 Å². The van der Waals surface area contributed by atoms with Gasteiger partial charge in [0.2, 0.25) is 5.91 Å². The number of nitrogens with zero attached hydrogens (tertiary/aromatic N) is 2. The highest BCUT2D eigenvalue weighted by Gasteiger charge is 2.26. The molecule has 0 aromatic heterocycles. The number of hydrogen-bond donors (Lipinski definition) is 1. The van der Waals surface area contributed by atoms with Crippen molar-refractivity contribution in [3.63, 3.8) is 0 Å². The summed E-state index contributed by atoms with van der Waals surface area (Å²) in [6.07, 6.45) is 2.29. The van der Waals surface area contributed by atoms with Crippen molar-refractivity contribution in [3.8, 4) is 0 Å². The van der Waals surface area contributed by atoms with E-state index in [-0.39, 0.29) is 17.9 Å². The fourth-order valence-corrected chi connectivity index (χ4v) is 4.19. The topological polar surface area (TPSA) is 52.7 Å². The number of halogens is 1. The lowest BCUT2D eigenvalue weighted by Gasteiger charge is -2.19. The maximum atomic E-state index is 12.7. The van der Waals surface area contributed by atoms with E-state index in [1.54, 1.807) is 23.1 Å². The van der Waals surface area contributed by atoms with Crippen LogP contribution in [0.5, 0.6) is 0 Å². The molecule has 5 nitrogen and oxygen atoms in total. The monoisotopic (exact) mass is 397 g/mol. The molecule has 0 saturated carbocycles. The minimum absolute atomic E-state index is 0.0619. The molecule has 6 heteroatoms. The van der Waals surface area contributed by atoms with E-state index >= 15 is 0 Å². The molecule has 1 atom stereocenters. The predicted octanol–water partition coefficient (Wildman–Crippen LogP) is 3.47. The van der Waals surface area contributed by atoms with Gasteiger partial charge in [0.1, 0.15) is 0 Å². The number of rotatable bonds is 5. The maximum Gasteiger partial charge on any atom is 0.251 e. The highest BCUT2D eigenvalue weighted by atomic mass is 35.5. The Morgan fingerprint density at radius 3 is 2.71 bits per heavy atom. The third-order valence-corrected chi connectivity index (χ3v) is 5.75. The molecule has 2 saturated heterocycles. The maximum absolute atomic E-state index is 12.7. The third-order valence-electron chi connectivity index (χ3n) is 5.43. The molecule has 0 radical (unpaired) electrons. The Kier molecular flexibility index (Phi) is 5.64. The van der Waals surface area contributed by atoms with Crippen LogP contribution in [0.1, 0.15) is 35.2 Å². The van der Waals surface area contributed by atoms with Crippen LogP contribution in [0.2, 0.25) is 5.02 Å². The van der Waals surface area contributed by atoms with Crippen molar-refractivity contribution in [3.05, 3.63) is 64.7 Å². The fourth-order valence-electron chi connectivity index (χ4n) is 3.97. The van der Waals surface area contributed by atoms with Crippen LogP contribution in [0.4, 0.5) is 5.69 Å². The van der Waals surface area contributed by atoms with Gasteiger partial charge in [-0.2, -0.15) is 0 Å². The second-order valence-electron chi connectivity index (χ2n) is 7.49. The Morgan fingerprint density at radius 2 is 1.96 bits per heavy atom. The Balaban J connectivity index is 1.38. The first-order chi connectivity index (χ1) is 13.6. The Labute approximate surface area is 170 Å². The quantitative estimate of drug-likeness (QED) is 0.840. The first-order valence-corrected chi connectivity index (χ1v) is 10.1. The van der Waals surface area contributed by atoms with Gasteiger partial charge in [0.25, 0.3) is 5.91 Å². The molecule has 1 N–H and O–H groups in total. The van der Waals surface area contributed by atoms with Crippen LogP contribution in [0, 0.1) is 0 Å². The second kappa shape index (κ2) is 8.33. The van der Waals surface area contributed by atoms with Gasteiger partial charge in [0.15, 0.2) is 0 Å². The zero-order valence-electron chi connectivity index (χ0n) is 15.7. The molecular formula is C22H24ClN3O2. The van der Waals surface area contributed by atoms with E-state index in [2.05, 4.69) is 22.3 Å². The van der Waals surface area contributed by atoms with Crippen molar-refractivity contribution in [2.24, 2.45) is 0 Å². The second-order valence-corrected chi connectivity index (χ2v) is 7.90. The number of likely N-dealkylation sites (tertiary alicyclic amines) is 1. The number of nitrogens with one attached hydrogen (secondary N) is 1. The first-order valence-electron chi connectivity index (χ1n) is 9.77. The van der Waals surface area contributed by atoms with Gasteiger partial charge in [-0.15, -0.1) is 0 Å². The molecule has 0 aliphatic carbocycles. The zero-order valence-corrected chi connectivity index (χ0v) is 16.5. The van der Waals surface area contributed by atoms with E-state index < -0.39 is 0 Å². The van der Waals surface area contributed by atoms with Crippen LogP contribution in [0.3, 0.4) is 0 Å². The Morgan fingerprint density at radius 1 is 1.14 bits per heavy atom. The van der Waals surface area contributed by atoms with Crippen molar-refractivity contribution in [1.82, 2.24) is 10.2 Å². The summed E-state index contributed by atoms with van der Waals surface area (Å²) in [5.74, 6) is -0.0528. The summed E-state index contributed by atoms with van der Waals surface area (Å²) in [6, 6.07) is 15.7. The average molecular weight is 398 g/mol. The molecule has 0 spiro atoms. The van der Waals surface area contributed by atoms with E-state index in [0.717, 1.165) is 32.5 Å². The van der Waals surface area contributed by atoms with Crippen LogP contribution < -0.4 is 10.2 Å². The molecule has 2 aliphatic rings. The summed E-state index contributed by atoms with van der Waals surface area (Å²) in [5.41, 5.74) is 2.46. The summed E-state index contributed by atoms with van der Waals surface area (Å²) >= 11 is 6.28. The number of carbonyl (C=O) groups excluding carboxylic acids is 2. The van der Waals surface area contributed by atoms with E-state index in [1.807, 2.05) is 18.2 Å². The molecule has 28 heavy (non-hydrogen) atoms. The molecular weight excluding hydrogens is 374 g/mol. The van der Waals surface area contributed by atoms with Gasteiger partial charge in [-0.3, -0.25) is 14.5 Å². The third kappa shape index (κ3) is 4.21. The number of amides is 2. The van der Waals surface area contributed by atoms with Gasteiger partial charge >= 0.3 is 0 Å². The van der Waals surface area contributed by atoms with Crippen molar-refractivity contribution in [1.29, 1.82) is 0 Å². The van der Waals surface area contributed by atoms with Gasteiger partial charge in [-0.05, 0) is 36.6 Å². The smallest absolute Gasteiger partial charge is 0.251 e. The molecule has 146 valence electrons. The molecule has 2 heterocycles. The lowest BCUT2D eigenvalue weighted by molar-refractivity contribution is -0.117. The highest BCUT2D eigenvalue weighted by molar-refractivity contribution is 6.34. The Hall–Kier alpha value is -2.37. The minimum atomic E-state index is -0.115. The number of carbonyl (C=O) groups is 2.